The summed E-state index contributed by atoms with van der Waals surface area (Å²) in [6.45, 7) is 2.26. The molecular weight excluding hydrogens is 238 g/mol. The van der Waals surface area contributed by atoms with Crippen LogP contribution in [0.1, 0.15) is 12.5 Å². The zero-order valence-electron chi connectivity index (χ0n) is 10.9. The van der Waals surface area contributed by atoms with Crippen molar-refractivity contribution in [2.45, 2.75) is 19.6 Å². The first-order chi connectivity index (χ1) is 9.25. The molecule has 0 radical (unpaired) electrons. The first-order valence-corrected chi connectivity index (χ1v) is 6.29. The van der Waals surface area contributed by atoms with Crippen LogP contribution in [0.5, 0.6) is 5.75 Å². The van der Waals surface area contributed by atoms with Gasteiger partial charge in [0.25, 0.3) is 5.91 Å². The zero-order chi connectivity index (χ0) is 13.5. The van der Waals surface area contributed by atoms with Crippen molar-refractivity contribution in [3.05, 3.63) is 66.2 Å². The first kappa shape index (κ1) is 13.1. The van der Waals surface area contributed by atoms with Crippen LogP contribution >= 0.6 is 0 Å². The Morgan fingerprint density at radius 1 is 1.05 bits per heavy atom. The summed E-state index contributed by atoms with van der Waals surface area (Å²) >= 11 is 0. The number of para-hydroxylation sites is 1. The second kappa shape index (κ2) is 6.59. The Labute approximate surface area is 113 Å². The molecule has 0 aliphatic heterocycles. The van der Waals surface area contributed by atoms with Gasteiger partial charge in [0.1, 0.15) is 5.75 Å². The van der Waals surface area contributed by atoms with Crippen LogP contribution in [0.3, 0.4) is 0 Å². The van der Waals surface area contributed by atoms with Crippen molar-refractivity contribution in [1.82, 2.24) is 5.32 Å². The molecule has 2 aromatic carbocycles. The molecule has 0 aliphatic carbocycles. The van der Waals surface area contributed by atoms with Gasteiger partial charge < -0.3 is 10.1 Å². The van der Waals surface area contributed by atoms with Gasteiger partial charge in [-0.05, 0) is 24.6 Å². The summed E-state index contributed by atoms with van der Waals surface area (Å²) in [4.78, 5) is 11.9. The van der Waals surface area contributed by atoms with Crippen LogP contribution < -0.4 is 10.1 Å². The predicted octanol–water partition coefficient (Wildman–Crippen LogP) is 2.77. The molecule has 1 N–H and O–H groups in total. The highest BCUT2D eigenvalue weighted by molar-refractivity contribution is 5.80. The van der Waals surface area contributed by atoms with E-state index in [0.717, 1.165) is 5.56 Å². The second-order valence-corrected chi connectivity index (χ2v) is 4.28. The van der Waals surface area contributed by atoms with Crippen LogP contribution in [-0.4, -0.2) is 12.0 Å². The largest absolute Gasteiger partial charge is 0.481 e. The summed E-state index contributed by atoms with van der Waals surface area (Å²) in [5.74, 6) is 0.581. The minimum absolute atomic E-state index is 0.118. The molecule has 3 heteroatoms. The minimum Gasteiger partial charge on any atom is -0.481 e. The fraction of sp³-hybridized carbons (Fsp3) is 0.188. The van der Waals surface area contributed by atoms with Gasteiger partial charge in [-0.3, -0.25) is 4.79 Å². The molecule has 3 nitrogen and oxygen atoms in total. The molecule has 19 heavy (non-hydrogen) atoms. The third-order valence-corrected chi connectivity index (χ3v) is 2.73. The molecule has 0 aromatic heterocycles. The maximum atomic E-state index is 11.9. The van der Waals surface area contributed by atoms with E-state index in [0.29, 0.717) is 12.3 Å². The Morgan fingerprint density at radius 3 is 2.26 bits per heavy atom. The molecular formula is C16H17NO2. The topological polar surface area (TPSA) is 38.3 Å². The minimum atomic E-state index is -0.508. The summed E-state index contributed by atoms with van der Waals surface area (Å²) in [5.41, 5.74) is 1.07. The SMILES string of the molecule is CC(Oc1ccccc1)C(=O)NCc1ccccc1. The van der Waals surface area contributed by atoms with E-state index < -0.39 is 6.10 Å². The van der Waals surface area contributed by atoms with E-state index >= 15 is 0 Å². The van der Waals surface area contributed by atoms with Gasteiger partial charge in [-0.1, -0.05) is 48.5 Å². The standard InChI is InChI=1S/C16H17NO2/c1-13(19-15-10-6-3-7-11-15)16(18)17-12-14-8-4-2-5-9-14/h2-11,13H,12H2,1H3,(H,17,18). The molecule has 0 spiro atoms. The van der Waals surface area contributed by atoms with Gasteiger partial charge in [-0.2, -0.15) is 0 Å². The summed E-state index contributed by atoms with van der Waals surface area (Å²) in [6, 6.07) is 19.1. The van der Waals surface area contributed by atoms with Crippen LogP contribution in [0, 0.1) is 0 Å². The van der Waals surface area contributed by atoms with E-state index in [1.54, 1.807) is 6.92 Å². The first-order valence-electron chi connectivity index (χ1n) is 6.29. The summed E-state index contributed by atoms with van der Waals surface area (Å²) in [6.07, 6.45) is -0.508. The number of rotatable bonds is 5. The maximum Gasteiger partial charge on any atom is 0.261 e. The van der Waals surface area contributed by atoms with Crippen molar-refractivity contribution in [3.8, 4) is 5.75 Å². The van der Waals surface area contributed by atoms with E-state index in [4.69, 9.17) is 4.74 Å². The lowest BCUT2D eigenvalue weighted by Crippen LogP contribution is -2.35. The average molecular weight is 255 g/mol. The highest BCUT2D eigenvalue weighted by atomic mass is 16.5. The van der Waals surface area contributed by atoms with Gasteiger partial charge in [0.15, 0.2) is 6.10 Å². The van der Waals surface area contributed by atoms with Crippen LogP contribution in [0.2, 0.25) is 0 Å². The molecule has 0 heterocycles. The van der Waals surface area contributed by atoms with E-state index in [9.17, 15) is 4.79 Å². The highest BCUT2D eigenvalue weighted by Crippen LogP contribution is 2.10. The van der Waals surface area contributed by atoms with Crippen LogP contribution in [-0.2, 0) is 11.3 Å². The van der Waals surface area contributed by atoms with Gasteiger partial charge in [0.05, 0.1) is 0 Å². The second-order valence-electron chi connectivity index (χ2n) is 4.28. The van der Waals surface area contributed by atoms with E-state index in [2.05, 4.69) is 5.32 Å². The molecule has 0 bridgehead atoms. The Hall–Kier alpha value is -2.29. The summed E-state index contributed by atoms with van der Waals surface area (Å²) in [5, 5.41) is 2.86. The molecule has 2 rings (SSSR count). The van der Waals surface area contributed by atoms with Crippen molar-refractivity contribution in [1.29, 1.82) is 0 Å². The number of carbonyl (C=O) groups excluding carboxylic acids is 1. The fourth-order valence-electron chi connectivity index (χ4n) is 1.69. The van der Waals surface area contributed by atoms with Gasteiger partial charge in [-0.25, -0.2) is 0 Å². The maximum absolute atomic E-state index is 11.9. The van der Waals surface area contributed by atoms with E-state index in [1.165, 1.54) is 0 Å². The van der Waals surface area contributed by atoms with Gasteiger partial charge in [0.2, 0.25) is 0 Å². The molecule has 2 aromatic rings. The molecule has 0 saturated heterocycles. The molecule has 1 unspecified atom stereocenters. The van der Waals surface area contributed by atoms with E-state index in [1.807, 2.05) is 60.7 Å². The zero-order valence-corrected chi connectivity index (χ0v) is 10.9. The lowest BCUT2D eigenvalue weighted by molar-refractivity contribution is -0.127. The van der Waals surface area contributed by atoms with Gasteiger partial charge in [0, 0.05) is 6.54 Å². The smallest absolute Gasteiger partial charge is 0.261 e. The number of amides is 1. The van der Waals surface area contributed by atoms with Crippen LogP contribution in [0.4, 0.5) is 0 Å². The lowest BCUT2D eigenvalue weighted by atomic mass is 10.2. The monoisotopic (exact) mass is 255 g/mol. The molecule has 0 saturated carbocycles. The highest BCUT2D eigenvalue weighted by Gasteiger charge is 2.13. The number of ether oxygens (including phenoxy) is 1. The average Bonchev–Trinajstić information content (AvgIpc) is 2.47. The number of carbonyl (C=O) groups is 1. The molecule has 0 fully saturated rings. The normalized spacial score (nSPS) is 11.6. The van der Waals surface area contributed by atoms with Crippen molar-refractivity contribution in [3.63, 3.8) is 0 Å². The van der Waals surface area contributed by atoms with Crippen LogP contribution in [0.25, 0.3) is 0 Å². The quantitative estimate of drug-likeness (QED) is 0.892. The van der Waals surface area contributed by atoms with E-state index in [-0.39, 0.29) is 5.91 Å². The number of hydrogen-bond acceptors (Lipinski definition) is 2. The van der Waals surface area contributed by atoms with Gasteiger partial charge >= 0.3 is 0 Å². The number of hydrogen-bond donors (Lipinski definition) is 1. The molecule has 1 amide bonds. The Morgan fingerprint density at radius 2 is 1.63 bits per heavy atom. The van der Waals surface area contributed by atoms with Crippen molar-refractivity contribution in [2.24, 2.45) is 0 Å². The Kier molecular flexibility index (Phi) is 4.56. The lowest BCUT2D eigenvalue weighted by Gasteiger charge is -2.14. The molecule has 98 valence electrons. The summed E-state index contributed by atoms with van der Waals surface area (Å²) < 4.78 is 5.55. The predicted molar refractivity (Wildman–Crippen MR) is 74.8 cm³/mol. The van der Waals surface area contributed by atoms with Crippen LogP contribution in [0.15, 0.2) is 60.7 Å². The molecule has 0 aliphatic rings. The third kappa shape index (κ3) is 4.14. The van der Waals surface area contributed by atoms with Crippen molar-refractivity contribution >= 4 is 5.91 Å². The van der Waals surface area contributed by atoms with Crippen molar-refractivity contribution in [2.75, 3.05) is 0 Å². The Bertz CT molecular complexity index is 511. The Balaban J connectivity index is 1.83. The third-order valence-electron chi connectivity index (χ3n) is 2.73. The van der Waals surface area contributed by atoms with Crippen molar-refractivity contribution < 1.29 is 9.53 Å². The summed E-state index contributed by atoms with van der Waals surface area (Å²) in [7, 11) is 0. The number of benzene rings is 2. The van der Waals surface area contributed by atoms with Gasteiger partial charge in [-0.15, -0.1) is 0 Å². The number of nitrogens with one attached hydrogen (secondary N) is 1. The molecule has 1 atom stereocenters. The fourth-order valence-corrected chi connectivity index (χ4v) is 1.69.